The number of benzene rings is 1. The highest BCUT2D eigenvalue weighted by Crippen LogP contribution is 2.09. The summed E-state index contributed by atoms with van der Waals surface area (Å²) in [7, 11) is 0. The third kappa shape index (κ3) is 5.22. The minimum absolute atomic E-state index is 0.466. The summed E-state index contributed by atoms with van der Waals surface area (Å²) in [4.78, 5) is 11.1. The largest absolute Gasteiger partial charge is 0.550 e. The molecule has 1 aromatic carbocycles. The predicted octanol–water partition coefficient (Wildman–Crippen LogP) is 2.33. The van der Waals surface area contributed by atoms with E-state index in [1.165, 1.54) is 30.7 Å². The Hall–Kier alpha value is -2.10. The van der Waals surface area contributed by atoms with Crippen LogP contribution in [0.1, 0.15) is 50.9 Å². The number of imidazole rings is 1. The van der Waals surface area contributed by atoms with Crippen LogP contribution in [0.4, 0.5) is 0 Å². The van der Waals surface area contributed by atoms with E-state index >= 15 is 0 Å². The van der Waals surface area contributed by atoms with Crippen LogP contribution in [0.25, 0.3) is 0 Å². The first-order chi connectivity index (χ1) is 11.6. The number of carboxylic acid groups (broad SMARTS) is 1. The molecule has 4 nitrogen and oxygen atoms in total. The van der Waals surface area contributed by atoms with Crippen molar-refractivity contribution in [3.8, 4) is 0 Å². The molecule has 2 rings (SSSR count). The molecule has 1 atom stereocenters. The lowest BCUT2D eigenvalue weighted by Crippen LogP contribution is -2.39. The van der Waals surface area contributed by atoms with E-state index in [9.17, 15) is 9.90 Å². The Morgan fingerprint density at radius 1 is 1.21 bits per heavy atom. The number of unbranched alkanes of at least 4 members (excludes halogenated alkanes) is 3. The van der Waals surface area contributed by atoms with Crippen molar-refractivity contribution in [2.75, 3.05) is 0 Å². The summed E-state index contributed by atoms with van der Waals surface area (Å²) >= 11 is 0. The van der Waals surface area contributed by atoms with Crippen molar-refractivity contribution in [2.24, 2.45) is 5.92 Å². The number of carboxylic acids is 1. The summed E-state index contributed by atoms with van der Waals surface area (Å²) in [5.41, 5.74) is 1.25. The average molecular weight is 328 g/mol. The van der Waals surface area contributed by atoms with Gasteiger partial charge in [-0.1, -0.05) is 63.4 Å². The number of nitrogens with zero attached hydrogens (tertiary/aromatic N) is 2. The molecular weight excluding hydrogens is 300 g/mol. The highest BCUT2D eigenvalue weighted by Gasteiger charge is 2.19. The van der Waals surface area contributed by atoms with E-state index < -0.39 is 11.9 Å². The second-order valence-corrected chi connectivity index (χ2v) is 6.51. The van der Waals surface area contributed by atoms with E-state index in [1.807, 2.05) is 24.4 Å². The number of aromatic nitrogens is 2. The zero-order valence-electron chi connectivity index (χ0n) is 14.8. The standard InChI is InChI=1S/C20H28N2O2/c1-3-4-5-9-12-19-21(15-17(2)20(23)24)13-14-22(19)16-18-10-7-6-8-11-18/h6-8,10-11,13-14,17H,3-5,9,12,15-16H2,1-2H3. The lowest BCUT2D eigenvalue weighted by atomic mass is 10.1. The minimum atomic E-state index is -0.991. The predicted molar refractivity (Wildman–Crippen MR) is 92.2 cm³/mol. The second-order valence-electron chi connectivity index (χ2n) is 6.51. The molecule has 0 saturated heterocycles. The molecule has 0 aliphatic heterocycles. The molecule has 0 spiro atoms. The van der Waals surface area contributed by atoms with Gasteiger partial charge in [-0.15, -0.1) is 0 Å². The normalized spacial score (nSPS) is 12.2. The van der Waals surface area contributed by atoms with Crippen molar-refractivity contribution in [1.29, 1.82) is 0 Å². The summed E-state index contributed by atoms with van der Waals surface area (Å²) < 4.78 is 4.32. The molecule has 24 heavy (non-hydrogen) atoms. The van der Waals surface area contributed by atoms with Gasteiger partial charge in [0.25, 0.3) is 5.82 Å². The van der Waals surface area contributed by atoms with Gasteiger partial charge in [-0.2, -0.15) is 0 Å². The molecule has 0 fully saturated rings. The summed E-state index contributed by atoms with van der Waals surface area (Å²) in [6.45, 7) is 5.20. The summed E-state index contributed by atoms with van der Waals surface area (Å²) in [6, 6.07) is 10.4. The second kappa shape index (κ2) is 9.26. The Morgan fingerprint density at radius 2 is 1.96 bits per heavy atom. The molecule has 2 aromatic rings. The number of hydrogen-bond acceptors (Lipinski definition) is 2. The SMILES string of the molecule is CCCCCCc1n(CC(C)C(=O)[O-])cc[n+]1Cc1ccccc1. The van der Waals surface area contributed by atoms with Crippen LogP contribution in [0, 0.1) is 5.92 Å². The summed E-state index contributed by atoms with van der Waals surface area (Å²) in [5.74, 6) is -0.282. The first-order valence-electron chi connectivity index (χ1n) is 8.94. The lowest BCUT2D eigenvalue weighted by molar-refractivity contribution is -0.695. The molecule has 1 heterocycles. The molecule has 1 unspecified atom stereocenters. The number of aliphatic carboxylic acids is 1. The molecule has 1 aromatic heterocycles. The Bertz CT molecular complexity index is 634. The first-order valence-corrected chi connectivity index (χ1v) is 8.94. The summed E-state index contributed by atoms with van der Waals surface area (Å²) in [5, 5.41) is 11.1. The van der Waals surface area contributed by atoms with E-state index in [1.54, 1.807) is 6.92 Å². The highest BCUT2D eigenvalue weighted by atomic mass is 16.4. The van der Waals surface area contributed by atoms with Crippen LogP contribution in [-0.4, -0.2) is 10.5 Å². The van der Waals surface area contributed by atoms with E-state index in [0.29, 0.717) is 6.54 Å². The topological polar surface area (TPSA) is 48.9 Å². The zero-order chi connectivity index (χ0) is 17.4. The van der Waals surface area contributed by atoms with Crippen LogP contribution in [0.15, 0.2) is 42.7 Å². The Labute approximate surface area is 144 Å². The molecular formula is C20H28N2O2. The van der Waals surface area contributed by atoms with E-state index in [0.717, 1.165) is 19.4 Å². The van der Waals surface area contributed by atoms with Crippen molar-refractivity contribution in [1.82, 2.24) is 4.57 Å². The molecule has 0 aliphatic carbocycles. The molecule has 0 bridgehead atoms. The number of carbonyl (C=O) groups is 1. The van der Waals surface area contributed by atoms with Gasteiger partial charge in [-0.3, -0.25) is 0 Å². The monoisotopic (exact) mass is 328 g/mol. The van der Waals surface area contributed by atoms with Gasteiger partial charge in [0.2, 0.25) is 0 Å². The fourth-order valence-electron chi connectivity index (χ4n) is 2.96. The fourth-order valence-corrected chi connectivity index (χ4v) is 2.96. The minimum Gasteiger partial charge on any atom is -0.550 e. The third-order valence-corrected chi connectivity index (χ3v) is 4.41. The Kier molecular flexibility index (Phi) is 7.04. The highest BCUT2D eigenvalue weighted by molar-refractivity contribution is 5.66. The van der Waals surface area contributed by atoms with Gasteiger partial charge in [-0.05, 0) is 12.0 Å². The van der Waals surface area contributed by atoms with Crippen molar-refractivity contribution in [3.63, 3.8) is 0 Å². The molecule has 0 saturated carbocycles. The van der Waals surface area contributed by atoms with Crippen molar-refractivity contribution >= 4 is 5.97 Å². The van der Waals surface area contributed by atoms with Gasteiger partial charge in [0.05, 0.1) is 6.54 Å². The van der Waals surface area contributed by atoms with Crippen molar-refractivity contribution in [3.05, 3.63) is 54.1 Å². The maximum absolute atomic E-state index is 11.1. The third-order valence-electron chi connectivity index (χ3n) is 4.41. The molecule has 0 N–H and O–H groups in total. The van der Waals surface area contributed by atoms with Crippen molar-refractivity contribution in [2.45, 2.75) is 59.0 Å². The van der Waals surface area contributed by atoms with Crippen LogP contribution in [0.2, 0.25) is 0 Å². The zero-order valence-corrected chi connectivity index (χ0v) is 14.8. The van der Waals surface area contributed by atoms with Crippen LogP contribution in [-0.2, 0) is 24.3 Å². The van der Waals surface area contributed by atoms with E-state index in [2.05, 4.69) is 34.4 Å². The average Bonchev–Trinajstić information content (AvgIpc) is 2.94. The molecule has 0 aliphatic rings. The maximum Gasteiger partial charge on any atom is 0.256 e. The van der Waals surface area contributed by atoms with Crippen LogP contribution < -0.4 is 9.67 Å². The lowest BCUT2D eigenvalue weighted by Gasteiger charge is -2.12. The van der Waals surface area contributed by atoms with Gasteiger partial charge >= 0.3 is 0 Å². The van der Waals surface area contributed by atoms with Crippen LogP contribution >= 0.6 is 0 Å². The van der Waals surface area contributed by atoms with Gasteiger partial charge in [-0.25, -0.2) is 9.13 Å². The number of rotatable bonds is 10. The van der Waals surface area contributed by atoms with Gasteiger partial charge < -0.3 is 9.90 Å². The van der Waals surface area contributed by atoms with Gasteiger partial charge in [0.15, 0.2) is 0 Å². The Balaban J connectivity index is 2.15. The van der Waals surface area contributed by atoms with Crippen molar-refractivity contribution < 1.29 is 14.5 Å². The molecule has 130 valence electrons. The van der Waals surface area contributed by atoms with Gasteiger partial charge in [0.1, 0.15) is 18.9 Å². The number of hydrogen-bond donors (Lipinski definition) is 0. The summed E-state index contributed by atoms with van der Waals surface area (Å²) in [6.07, 6.45) is 9.83. The van der Waals surface area contributed by atoms with E-state index in [-0.39, 0.29) is 0 Å². The van der Waals surface area contributed by atoms with Gasteiger partial charge in [0, 0.05) is 18.3 Å². The number of carbonyl (C=O) groups excluding carboxylic acids is 1. The van der Waals surface area contributed by atoms with E-state index in [4.69, 9.17) is 0 Å². The first kappa shape index (κ1) is 18.2. The molecule has 4 heteroatoms. The van der Waals surface area contributed by atoms with Crippen LogP contribution in [0.3, 0.4) is 0 Å². The Morgan fingerprint density at radius 3 is 2.62 bits per heavy atom. The molecule has 0 radical (unpaired) electrons. The molecule has 0 amide bonds. The van der Waals surface area contributed by atoms with Crippen LogP contribution in [0.5, 0.6) is 0 Å². The smallest absolute Gasteiger partial charge is 0.256 e. The fraction of sp³-hybridized carbons (Fsp3) is 0.500. The quantitative estimate of drug-likeness (QED) is 0.496. The maximum atomic E-state index is 11.1.